The molecule has 0 heterocycles. The summed E-state index contributed by atoms with van der Waals surface area (Å²) in [5.41, 5.74) is 0. The summed E-state index contributed by atoms with van der Waals surface area (Å²) >= 11 is 0. The lowest BCUT2D eigenvalue weighted by Crippen LogP contribution is -2.45. The number of ether oxygens (including phenoxy) is 1. The molecule has 0 saturated carbocycles. The Balaban J connectivity index is 3.44. The summed E-state index contributed by atoms with van der Waals surface area (Å²) in [5.74, 6) is -0.0665. The molecule has 0 rings (SSSR count). The second-order valence-electron chi connectivity index (χ2n) is 25.3. The van der Waals surface area contributed by atoms with Gasteiger partial charge in [-0.1, -0.05) is 346 Å². The van der Waals surface area contributed by atoms with Gasteiger partial charge >= 0.3 is 5.97 Å². The first-order chi connectivity index (χ1) is 40.0. The second-order valence-corrected chi connectivity index (χ2v) is 25.3. The highest BCUT2D eigenvalue weighted by atomic mass is 16.5. The number of amides is 1. The van der Waals surface area contributed by atoms with Gasteiger partial charge in [-0.25, -0.2) is 0 Å². The van der Waals surface area contributed by atoms with E-state index in [9.17, 15) is 19.8 Å². The first-order valence-corrected chi connectivity index (χ1v) is 36.8. The van der Waals surface area contributed by atoms with Crippen LogP contribution in [0.5, 0.6) is 0 Å². The van der Waals surface area contributed by atoms with E-state index in [-0.39, 0.29) is 18.5 Å². The molecular weight excluding hydrogens is 995 g/mol. The molecule has 6 nitrogen and oxygen atoms in total. The number of allylic oxidation sites excluding steroid dienone is 5. The van der Waals surface area contributed by atoms with Crippen molar-refractivity contribution in [2.24, 2.45) is 0 Å². The monoisotopic (exact) mass is 1140 g/mol. The molecule has 0 saturated heterocycles. The fraction of sp³-hybridized carbons (Fsp3) is 0.893. The molecule has 0 aliphatic heterocycles. The highest BCUT2D eigenvalue weighted by Gasteiger charge is 2.18. The molecule has 2 unspecified atom stereocenters. The van der Waals surface area contributed by atoms with E-state index in [0.29, 0.717) is 19.4 Å². The van der Waals surface area contributed by atoms with E-state index in [4.69, 9.17) is 4.74 Å². The van der Waals surface area contributed by atoms with Crippen molar-refractivity contribution in [3.05, 3.63) is 36.5 Å². The normalized spacial score (nSPS) is 12.7. The summed E-state index contributed by atoms with van der Waals surface area (Å²) in [6.07, 6.45) is 90.8. The molecule has 478 valence electrons. The van der Waals surface area contributed by atoms with Crippen LogP contribution < -0.4 is 5.32 Å². The number of aliphatic hydroxyl groups excluding tert-OH is 2. The maximum absolute atomic E-state index is 12.5. The molecule has 1 amide bonds. The van der Waals surface area contributed by atoms with E-state index in [2.05, 4.69) is 43.5 Å². The standard InChI is InChI=1S/C75H143NO5/c1-3-5-7-9-11-13-15-17-19-21-23-24-25-26-27-28-32-35-39-43-47-51-55-59-63-67-73(78)72(71-77)76-74(79)68-64-60-56-52-48-44-40-36-33-29-30-34-38-42-46-50-54-58-62-66-70-81-75(80)69-65-61-57-53-49-45-41-37-31-22-20-18-16-14-12-10-8-6-4-2/h18,20,29,33,63,67,72-73,77-78H,3-17,19,21-28,30-32,34-62,64-66,68-71H2,1-2H3,(H,76,79)/b20-18-,33-29-,67-63+. The highest BCUT2D eigenvalue weighted by Crippen LogP contribution is 2.19. The van der Waals surface area contributed by atoms with Crippen LogP contribution >= 0.6 is 0 Å². The van der Waals surface area contributed by atoms with Crippen molar-refractivity contribution in [2.75, 3.05) is 13.2 Å². The molecule has 0 aromatic rings. The van der Waals surface area contributed by atoms with Gasteiger partial charge in [-0.05, 0) is 83.5 Å². The fourth-order valence-electron chi connectivity index (χ4n) is 11.5. The SMILES string of the molecule is CCCCCCCC/C=C\CCCCCCCCCCCC(=O)OCCCCCCCCCCC/C=C\CCCCCCCCCC(=O)NC(CO)C(O)/C=C/CCCCCCCCCCCCCCCCCCCCCCCCC. The molecule has 0 radical (unpaired) electrons. The van der Waals surface area contributed by atoms with E-state index in [1.807, 2.05) is 6.08 Å². The van der Waals surface area contributed by atoms with Crippen LogP contribution in [0.25, 0.3) is 0 Å². The molecule has 0 spiro atoms. The zero-order valence-electron chi connectivity index (χ0n) is 54.8. The van der Waals surface area contributed by atoms with Crippen molar-refractivity contribution in [1.82, 2.24) is 5.32 Å². The largest absolute Gasteiger partial charge is 0.466 e. The Morgan fingerprint density at radius 3 is 0.877 bits per heavy atom. The van der Waals surface area contributed by atoms with Crippen molar-refractivity contribution in [3.8, 4) is 0 Å². The van der Waals surface area contributed by atoms with E-state index >= 15 is 0 Å². The Morgan fingerprint density at radius 1 is 0.333 bits per heavy atom. The third kappa shape index (κ3) is 67.1. The lowest BCUT2D eigenvalue weighted by molar-refractivity contribution is -0.143. The Morgan fingerprint density at radius 2 is 0.580 bits per heavy atom. The molecule has 0 fully saturated rings. The Kier molecular flexibility index (Phi) is 68.9. The van der Waals surface area contributed by atoms with Crippen LogP contribution in [0, 0.1) is 0 Å². The van der Waals surface area contributed by atoms with E-state index in [1.54, 1.807) is 6.08 Å². The summed E-state index contributed by atoms with van der Waals surface area (Å²) in [6.45, 7) is 4.93. The van der Waals surface area contributed by atoms with Gasteiger partial charge in [0, 0.05) is 12.8 Å². The zero-order chi connectivity index (χ0) is 58.5. The minimum atomic E-state index is -0.852. The molecule has 0 aromatic heterocycles. The van der Waals surface area contributed by atoms with Crippen molar-refractivity contribution in [2.45, 2.75) is 418 Å². The third-order valence-electron chi connectivity index (χ3n) is 17.1. The summed E-state index contributed by atoms with van der Waals surface area (Å²) in [5, 5.41) is 23.3. The Bertz CT molecular complexity index is 1310. The van der Waals surface area contributed by atoms with Gasteiger partial charge in [0.1, 0.15) is 0 Å². The summed E-state index contributed by atoms with van der Waals surface area (Å²) < 4.78 is 5.50. The molecule has 0 bridgehead atoms. The van der Waals surface area contributed by atoms with Crippen LogP contribution in [0.3, 0.4) is 0 Å². The quantitative estimate of drug-likeness (QED) is 0.0320. The molecular formula is C75H143NO5. The predicted molar refractivity (Wildman–Crippen MR) is 356 cm³/mol. The number of nitrogens with one attached hydrogen (secondary N) is 1. The second kappa shape index (κ2) is 70.6. The first-order valence-electron chi connectivity index (χ1n) is 36.8. The smallest absolute Gasteiger partial charge is 0.305 e. The molecule has 0 aromatic carbocycles. The number of carbonyl (C=O) groups excluding carboxylic acids is 2. The van der Waals surface area contributed by atoms with Crippen LogP contribution in [0.15, 0.2) is 36.5 Å². The van der Waals surface area contributed by atoms with Gasteiger partial charge in [0.05, 0.1) is 25.4 Å². The van der Waals surface area contributed by atoms with Crippen molar-refractivity contribution >= 4 is 11.9 Å². The van der Waals surface area contributed by atoms with Crippen molar-refractivity contribution in [3.63, 3.8) is 0 Å². The van der Waals surface area contributed by atoms with Gasteiger partial charge in [-0.2, -0.15) is 0 Å². The van der Waals surface area contributed by atoms with Gasteiger partial charge in [0.15, 0.2) is 0 Å². The number of hydrogen-bond donors (Lipinski definition) is 3. The zero-order valence-corrected chi connectivity index (χ0v) is 54.8. The van der Waals surface area contributed by atoms with Gasteiger partial charge < -0.3 is 20.3 Å². The molecule has 6 heteroatoms. The molecule has 0 aliphatic carbocycles. The predicted octanol–water partition coefficient (Wildman–Crippen LogP) is 23.9. The number of carbonyl (C=O) groups is 2. The number of esters is 1. The van der Waals surface area contributed by atoms with E-state index in [0.717, 1.165) is 51.4 Å². The Labute approximate surface area is 506 Å². The van der Waals surface area contributed by atoms with Crippen LogP contribution in [-0.4, -0.2) is 47.4 Å². The molecule has 0 aliphatic rings. The Hall–Kier alpha value is -1.92. The lowest BCUT2D eigenvalue weighted by Gasteiger charge is -2.20. The molecule has 3 N–H and O–H groups in total. The maximum atomic E-state index is 12.5. The number of hydrogen-bond acceptors (Lipinski definition) is 5. The number of rotatable bonds is 69. The number of aliphatic hydroxyl groups is 2. The van der Waals surface area contributed by atoms with Gasteiger partial charge in [0.2, 0.25) is 5.91 Å². The minimum Gasteiger partial charge on any atom is -0.466 e. The molecule has 2 atom stereocenters. The number of unbranched alkanes of at least 4 members (excludes halogenated alkanes) is 54. The highest BCUT2D eigenvalue weighted by molar-refractivity contribution is 5.76. The van der Waals surface area contributed by atoms with Gasteiger partial charge in [-0.15, -0.1) is 0 Å². The average Bonchev–Trinajstić information content (AvgIpc) is 3.47. The first kappa shape index (κ1) is 79.1. The summed E-state index contributed by atoms with van der Waals surface area (Å²) in [7, 11) is 0. The topological polar surface area (TPSA) is 95.9 Å². The van der Waals surface area contributed by atoms with Gasteiger partial charge in [-0.3, -0.25) is 9.59 Å². The van der Waals surface area contributed by atoms with Crippen molar-refractivity contribution < 1.29 is 24.5 Å². The van der Waals surface area contributed by atoms with Crippen LogP contribution in [0.2, 0.25) is 0 Å². The summed E-state index contributed by atoms with van der Waals surface area (Å²) in [6, 6.07) is -0.636. The lowest BCUT2D eigenvalue weighted by atomic mass is 10.0. The van der Waals surface area contributed by atoms with Crippen LogP contribution in [-0.2, 0) is 14.3 Å². The van der Waals surface area contributed by atoms with Crippen LogP contribution in [0.4, 0.5) is 0 Å². The van der Waals surface area contributed by atoms with Gasteiger partial charge in [0.25, 0.3) is 0 Å². The maximum Gasteiger partial charge on any atom is 0.305 e. The summed E-state index contributed by atoms with van der Waals surface area (Å²) in [4.78, 5) is 24.7. The van der Waals surface area contributed by atoms with Crippen molar-refractivity contribution in [1.29, 1.82) is 0 Å². The minimum absolute atomic E-state index is 0.00598. The third-order valence-corrected chi connectivity index (χ3v) is 17.1. The fourth-order valence-corrected chi connectivity index (χ4v) is 11.5. The average molecular weight is 1140 g/mol. The molecule has 81 heavy (non-hydrogen) atoms. The van der Waals surface area contributed by atoms with E-state index in [1.165, 1.54) is 327 Å². The van der Waals surface area contributed by atoms with Crippen LogP contribution in [0.1, 0.15) is 406 Å². The van der Waals surface area contributed by atoms with E-state index < -0.39 is 12.1 Å².